The van der Waals surface area contributed by atoms with Crippen molar-refractivity contribution < 1.29 is 4.39 Å². The number of rotatable bonds is 2. The van der Waals surface area contributed by atoms with Crippen LogP contribution in [0.1, 0.15) is 11.1 Å². The van der Waals surface area contributed by atoms with Crippen LogP contribution < -0.4 is 11.5 Å². The molecule has 0 atom stereocenters. The van der Waals surface area contributed by atoms with Gasteiger partial charge in [0.05, 0.1) is 0 Å². The first-order valence-corrected chi connectivity index (χ1v) is 3.45. The molecule has 3 heteroatoms. The maximum Gasteiger partial charge on any atom is 0.128 e. The van der Waals surface area contributed by atoms with Crippen LogP contribution in [-0.4, -0.2) is 0 Å². The number of halogens is 1. The molecule has 0 unspecified atom stereocenters. The molecule has 0 saturated carbocycles. The molecule has 0 amide bonds. The maximum absolute atomic E-state index is 12.9. The standard InChI is InChI=1S/C8H11FN2/c9-8-3-6(4-10)1-2-7(8)5-11/h1-3H,4-5,10-11H2. The zero-order valence-electron chi connectivity index (χ0n) is 6.18. The van der Waals surface area contributed by atoms with E-state index in [1.807, 2.05) is 0 Å². The minimum absolute atomic E-state index is 0.233. The molecule has 0 aliphatic carbocycles. The zero-order chi connectivity index (χ0) is 8.27. The summed E-state index contributed by atoms with van der Waals surface area (Å²) >= 11 is 0. The van der Waals surface area contributed by atoms with Crippen molar-refractivity contribution in [2.75, 3.05) is 0 Å². The molecule has 0 radical (unpaired) electrons. The van der Waals surface area contributed by atoms with Gasteiger partial charge in [-0.05, 0) is 11.6 Å². The van der Waals surface area contributed by atoms with Crippen molar-refractivity contribution in [2.24, 2.45) is 11.5 Å². The Hall–Kier alpha value is -0.930. The molecule has 0 aliphatic heterocycles. The summed E-state index contributed by atoms with van der Waals surface area (Å²) in [4.78, 5) is 0. The highest BCUT2D eigenvalue weighted by Gasteiger charge is 1.99. The Balaban J connectivity index is 2.99. The van der Waals surface area contributed by atoms with Crippen molar-refractivity contribution in [1.29, 1.82) is 0 Å². The highest BCUT2D eigenvalue weighted by Crippen LogP contribution is 2.08. The maximum atomic E-state index is 12.9. The van der Waals surface area contributed by atoms with Crippen LogP contribution in [-0.2, 0) is 13.1 Å². The molecular weight excluding hydrogens is 143 g/mol. The number of hydrogen-bond donors (Lipinski definition) is 2. The second kappa shape index (κ2) is 3.46. The monoisotopic (exact) mass is 154 g/mol. The molecule has 60 valence electrons. The second-order valence-corrected chi connectivity index (χ2v) is 2.33. The average Bonchev–Trinajstić information content (AvgIpc) is 2.04. The summed E-state index contributed by atoms with van der Waals surface area (Å²) in [6.07, 6.45) is 0. The Labute approximate surface area is 65.0 Å². The summed E-state index contributed by atoms with van der Waals surface area (Å²) in [5.41, 5.74) is 11.9. The van der Waals surface area contributed by atoms with Crippen molar-refractivity contribution in [1.82, 2.24) is 0 Å². The predicted octanol–water partition coefficient (Wildman–Crippen LogP) is 0.743. The van der Waals surface area contributed by atoms with Gasteiger partial charge in [0.1, 0.15) is 5.82 Å². The van der Waals surface area contributed by atoms with Crippen LogP contribution in [0.4, 0.5) is 4.39 Å². The van der Waals surface area contributed by atoms with Crippen molar-refractivity contribution in [3.05, 3.63) is 35.1 Å². The number of nitrogens with two attached hydrogens (primary N) is 2. The highest BCUT2D eigenvalue weighted by molar-refractivity contribution is 5.23. The predicted molar refractivity (Wildman–Crippen MR) is 42.2 cm³/mol. The summed E-state index contributed by atoms with van der Waals surface area (Å²) in [6.45, 7) is 0.596. The van der Waals surface area contributed by atoms with E-state index < -0.39 is 0 Å². The van der Waals surface area contributed by atoms with Crippen molar-refractivity contribution in [3.63, 3.8) is 0 Å². The topological polar surface area (TPSA) is 52.0 Å². The summed E-state index contributed by atoms with van der Waals surface area (Å²) < 4.78 is 12.9. The summed E-state index contributed by atoms with van der Waals surface area (Å²) in [7, 11) is 0. The van der Waals surface area contributed by atoms with E-state index in [0.29, 0.717) is 12.1 Å². The van der Waals surface area contributed by atoms with Gasteiger partial charge in [0, 0.05) is 18.7 Å². The van der Waals surface area contributed by atoms with E-state index in [2.05, 4.69) is 0 Å². The lowest BCUT2D eigenvalue weighted by atomic mass is 10.1. The first-order valence-electron chi connectivity index (χ1n) is 3.45. The fraction of sp³-hybridized carbons (Fsp3) is 0.250. The molecule has 0 saturated heterocycles. The molecule has 1 aromatic carbocycles. The molecule has 1 rings (SSSR count). The van der Waals surface area contributed by atoms with E-state index in [1.165, 1.54) is 6.07 Å². The SMILES string of the molecule is NCc1ccc(CN)c(F)c1. The molecule has 0 fully saturated rings. The average molecular weight is 154 g/mol. The third-order valence-electron chi connectivity index (χ3n) is 1.57. The third kappa shape index (κ3) is 1.76. The van der Waals surface area contributed by atoms with Gasteiger partial charge >= 0.3 is 0 Å². The minimum atomic E-state index is -0.268. The van der Waals surface area contributed by atoms with Crippen LogP contribution >= 0.6 is 0 Å². The lowest BCUT2D eigenvalue weighted by molar-refractivity contribution is 0.608. The summed E-state index contributed by atoms with van der Waals surface area (Å²) in [6, 6.07) is 4.87. The van der Waals surface area contributed by atoms with Gasteiger partial charge in [-0.2, -0.15) is 0 Å². The molecule has 0 spiro atoms. The van der Waals surface area contributed by atoms with Crippen LogP contribution in [0.2, 0.25) is 0 Å². The first kappa shape index (κ1) is 8.17. The van der Waals surface area contributed by atoms with Gasteiger partial charge in [-0.1, -0.05) is 12.1 Å². The van der Waals surface area contributed by atoms with Crippen molar-refractivity contribution >= 4 is 0 Å². The second-order valence-electron chi connectivity index (χ2n) is 2.33. The Morgan fingerprint density at radius 2 is 1.91 bits per heavy atom. The van der Waals surface area contributed by atoms with Gasteiger partial charge < -0.3 is 11.5 Å². The number of benzene rings is 1. The number of hydrogen-bond acceptors (Lipinski definition) is 2. The van der Waals surface area contributed by atoms with E-state index >= 15 is 0 Å². The van der Waals surface area contributed by atoms with E-state index in [1.54, 1.807) is 12.1 Å². The van der Waals surface area contributed by atoms with Crippen molar-refractivity contribution in [3.8, 4) is 0 Å². The van der Waals surface area contributed by atoms with E-state index in [-0.39, 0.29) is 12.4 Å². The Kier molecular flexibility index (Phi) is 2.57. The van der Waals surface area contributed by atoms with Gasteiger partial charge in [0.15, 0.2) is 0 Å². The van der Waals surface area contributed by atoms with Gasteiger partial charge in [-0.25, -0.2) is 4.39 Å². The normalized spacial score (nSPS) is 10.1. The minimum Gasteiger partial charge on any atom is -0.326 e. The Bertz CT molecular complexity index is 248. The molecule has 0 aromatic heterocycles. The third-order valence-corrected chi connectivity index (χ3v) is 1.57. The van der Waals surface area contributed by atoms with E-state index in [0.717, 1.165) is 5.56 Å². The molecule has 0 bridgehead atoms. The summed E-state index contributed by atoms with van der Waals surface area (Å²) in [5, 5.41) is 0. The van der Waals surface area contributed by atoms with Gasteiger partial charge in [-0.3, -0.25) is 0 Å². The zero-order valence-corrected chi connectivity index (χ0v) is 6.18. The molecule has 2 nitrogen and oxygen atoms in total. The van der Waals surface area contributed by atoms with Crippen molar-refractivity contribution in [2.45, 2.75) is 13.1 Å². The smallest absolute Gasteiger partial charge is 0.128 e. The Morgan fingerprint density at radius 1 is 1.18 bits per heavy atom. The van der Waals surface area contributed by atoms with Crippen LogP contribution in [0.15, 0.2) is 18.2 Å². The van der Waals surface area contributed by atoms with Gasteiger partial charge in [0.2, 0.25) is 0 Å². The molecule has 1 aromatic rings. The van der Waals surface area contributed by atoms with Gasteiger partial charge in [-0.15, -0.1) is 0 Å². The molecule has 0 heterocycles. The van der Waals surface area contributed by atoms with Crippen LogP contribution in [0, 0.1) is 5.82 Å². The van der Waals surface area contributed by atoms with Crippen LogP contribution in [0.25, 0.3) is 0 Å². The summed E-state index contributed by atoms with van der Waals surface area (Å²) in [5.74, 6) is -0.268. The highest BCUT2D eigenvalue weighted by atomic mass is 19.1. The molecular formula is C8H11FN2. The lowest BCUT2D eigenvalue weighted by Crippen LogP contribution is -2.02. The van der Waals surface area contributed by atoms with Gasteiger partial charge in [0.25, 0.3) is 0 Å². The fourth-order valence-electron chi connectivity index (χ4n) is 0.883. The molecule has 4 N–H and O–H groups in total. The first-order chi connectivity index (χ1) is 5.27. The molecule has 0 aliphatic rings. The van der Waals surface area contributed by atoms with E-state index in [4.69, 9.17) is 11.5 Å². The largest absolute Gasteiger partial charge is 0.326 e. The quantitative estimate of drug-likeness (QED) is 0.660. The molecule has 11 heavy (non-hydrogen) atoms. The fourth-order valence-corrected chi connectivity index (χ4v) is 0.883. The van der Waals surface area contributed by atoms with Crippen LogP contribution in [0.5, 0.6) is 0 Å². The van der Waals surface area contributed by atoms with Crippen LogP contribution in [0.3, 0.4) is 0 Å². The lowest BCUT2D eigenvalue weighted by Gasteiger charge is -2.01. The Morgan fingerprint density at radius 3 is 2.36 bits per heavy atom. The van der Waals surface area contributed by atoms with E-state index in [9.17, 15) is 4.39 Å².